The van der Waals surface area contributed by atoms with Gasteiger partial charge in [0, 0.05) is 22.6 Å². The van der Waals surface area contributed by atoms with E-state index in [1.54, 1.807) is 0 Å². The van der Waals surface area contributed by atoms with Gasteiger partial charge in [-0.3, -0.25) is 0 Å². The molecule has 0 bridgehead atoms. The molecule has 1 aromatic heterocycles. The summed E-state index contributed by atoms with van der Waals surface area (Å²) < 4.78 is 2.18. The van der Waals surface area contributed by atoms with Crippen molar-refractivity contribution in [2.45, 2.75) is 13.3 Å². The van der Waals surface area contributed by atoms with Crippen molar-refractivity contribution < 1.29 is 0 Å². The maximum absolute atomic E-state index is 5.84. The molecule has 0 aliphatic rings. The van der Waals surface area contributed by atoms with Gasteiger partial charge in [0.15, 0.2) is 0 Å². The van der Waals surface area contributed by atoms with Crippen LogP contribution in [-0.2, 0) is 6.42 Å². The largest absolute Gasteiger partial charge is 0.321 e. The number of rotatable bonds is 2. The highest BCUT2D eigenvalue weighted by atomic mass is 35.5. The molecule has 0 amide bonds. The van der Waals surface area contributed by atoms with E-state index in [0.29, 0.717) is 0 Å². The Morgan fingerprint density at radius 1 is 1.14 bits per heavy atom. The van der Waals surface area contributed by atoms with E-state index in [1.165, 1.54) is 5.69 Å². The van der Waals surface area contributed by atoms with E-state index in [4.69, 9.17) is 11.6 Å². The zero-order valence-electron chi connectivity index (χ0n) is 8.07. The van der Waals surface area contributed by atoms with Crippen LogP contribution in [0.3, 0.4) is 0 Å². The lowest BCUT2D eigenvalue weighted by Crippen LogP contribution is -1.96. The Morgan fingerprint density at radius 3 is 2.50 bits per heavy atom. The zero-order chi connectivity index (χ0) is 9.97. The van der Waals surface area contributed by atoms with E-state index in [2.05, 4.69) is 29.8 Å². The lowest BCUT2D eigenvalue weighted by molar-refractivity contribution is 0.937. The molecule has 0 saturated carbocycles. The van der Waals surface area contributed by atoms with Gasteiger partial charge < -0.3 is 4.57 Å². The number of hydrogen-bond acceptors (Lipinski definition) is 0. The van der Waals surface area contributed by atoms with Crippen molar-refractivity contribution in [1.29, 1.82) is 0 Å². The minimum atomic E-state index is 0.777. The fourth-order valence-electron chi connectivity index (χ4n) is 1.56. The fourth-order valence-corrected chi connectivity index (χ4v) is 1.68. The highest BCUT2D eigenvalue weighted by molar-refractivity contribution is 6.30. The van der Waals surface area contributed by atoms with Crippen molar-refractivity contribution >= 4 is 11.6 Å². The molecule has 0 atom stereocenters. The van der Waals surface area contributed by atoms with Crippen molar-refractivity contribution in [1.82, 2.24) is 4.57 Å². The molecule has 0 unspecified atom stereocenters. The van der Waals surface area contributed by atoms with Gasteiger partial charge in [-0.15, -0.1) is 0 Å². The SMILES string of the molecule is CCc1cccn1-c1ccc(Cl)cc1. The van der Waals surface area contributed by atoms with E-state index >= 15 is 0 Å². The third-order valence-electron chi connectivity index (χ3n) is 2.30. The minimum absolute atomic E-state index is 0.777. The monoisotopic (exact) mass is 205 g/mol. The molecule has 0 radical (unpaired) electrons. The number of aromatic nitrogens is 1. The molecule has 0 saturated heterocycles. The third kappa shape index (κ3) is 1.68. The van der Waals surface area contributed by atoms with Crippen LogP contribution in [0.25, 0.3) is 5.69 Å². The number of benzene rings is 1. The van der Waals surface area contributed by atoms with Gasteiger partial charge >= 0.3 is 0 Å². The summed E-state index contributed by atoms with van der Waals surface area (Å²) in [6.45, 7) is 2.15. The Hall–Kier alpha value is -1.21. The van der Waals surface area contributed by atoms with Crippen LogP contribution in [0.1, 0.15) is 12.6 Å². The first-order valence-corrected chi connectivity index (χ1v) is 5.11. The van der Waals surface area contributed by atoms with E-state index in [-0.39, 0.29) is 0 Å². The normalized spacial score (nSPS) is 10.4. The third-order valence-corrected chi connectivity index (χ3v) is 2.55. The predicted molar refractivity (Wildman–Crippen MR) is 60.2 cm³/mol. The van der Waals surface area contributed by atoms with E-state index in [9.17, 15) is 0 Å². The van der Waals surface area contributed by atoms with Gasteiger partial charge in [0.05, 0.1) is 0 Å². The molecule has 2 aromatic rings. The summed E-state index contributed by atoms with van der Waals surface area (Å²) in [6, 6.07) is 12.1. The number of aryl methyl sites for hydroxylation is 1. The van der Waals surface area contributed by atoms with Gasteiger partial charge in [-0.25, -0.2) is 0 Å². The number of halogens is 1. The predicted octanol–water partition coefficient (Wildman–Crippen LogP) is 3.69. The molecule has 0 spiro atoms. The van der Waals surface area contributed by atoms with Crippen molar-refractivity contribution in [3.63, 3.8) is 0 Å². The van der Waals surface area contributed by atoms with Crippen LogP contribution in [-0.4, -0.2) is 4.57 Å². The van der Waals surface area contributed by atoms with Crippen molar-refractivity contribution in [3.05, 3.63) is 53.3 Å². The molecule has 0 N–H and O–H groups in total. The zero-order valence-corrected chi connectivity index (χ0v) is 8.83. The minimum Gasteiger partial charge on any atom is -0.321 e. The lowest BCUT2D eigenvalue weighted by atomic mass is 10.3. The van der Waals surface area contributed by atoms with Gasteiger partial charge in [-0.2, -0.15) is 0 Å². The number of hydrogen-bond donors (Lipinski definition) is 0. The Morgan fingerprint density at radius 2 is 1.86 bits per heavy atom. The van der Waals surface area contributed by atoms with Crippen LogP contribution in [0.15, 0.2) is 42.6 Å². The maximum atomic E-state index is 5.84. The highest BCUT2D eigenvalue weighted by Gasteiger charge is 2.00. The summed E-state index contributed by atoms with van der Waals surface area (Å²) in [5.74, 6) is 0. The van der Waals surface area contributed by atoms with Gasteiger partial charge in [0.1, 0.15) is 0 Å². The van der Waals surface area contributed by atoms with Crippen LogP contribution in [0.5, 0.6) is 0 Å². The molecule has 14 heavy (non-hydrogen) atoms. The second-order valence-corrected chi connectivity index (χ2v) is 3.64. The second kappa shape index (κ2) is 3.89. The molecule has 1 aromatic carbocycles. The molecular formula is C12H12ClN. The summed E-state index contributed by atoms with van der Waals surface area (Å²) in [5, 5.41) is 0.777. The molecule has 1 nitrogen and oxygen atoms in total. The van der Waals surface area contributed by atoms with E-state index in [1.807, 2.05) is 24.3 Å². The average molecular weight is 206 g/mol. The van der Waals surface area contributed by atoms with Gasteiger partial charge in [-0.1, -0.05) is 18.5 Å². The molecule has 72 valence electrons. The molecule has 2 heteroatoms. The van der Waals surface area contributed by atoms with Crippen LogP contribution in [0.4, 0.5) is 0 Å². The molecule has 0 aliphatic carbocycles. The average Bonchev–Trinajstić information content (AvgIpc) is 2.67. The molecule has 1 heterocycles. The van der Waals surface area contributed by atoms with Crippen LogP contribution in [0, 0.1) is 0 Å². The standard InChI is InChI=1S/C12H12ClN/c1-2-11-4-3-9-14(11)12-7-5-10(13)6-8-12/h3-9H,2H2,1H3. The first kappa shape index (κ1) is 9.35. The van der Waals surface area contributed by atoms with Crippen molar-refractivity contribution in [2.75, 3.05) is 0 Å². The first-order valence-electron chi connectivity index (χ1n) is 4.73. The fraction of sp³-hybridized carbons (Fsp3) is 0.167. The molecular weight excluding hydrogens is 194 g/mol. The smallest absolute Gasteiger partial charge is 0.0453 e. The number of nitrogens with zero attached hydrogens (tertiary/aromatic N) is 1. The Bertz CT molecular complexity index is 414. The lowest BCUT2D eigenvalue weighted by Gasteiger charge is -2.07. The topological polar surface area (TPSA) is 4.93 Å². The summed E-state index contributed by atoms with van der Waals surface area (Å²) >= 11 is 5.84. The summed E-state index contributed by atoms with van der Waals surface area (Å²) in [6.07, 6.45) is 3.11. The van der Waals surface area contributed by atoms with Gasteiger partial charge in [0.25, 0.3) is 0 Å². The highest BCUT2D eigenvalue weighted by Crippen LogP contribution is 2.16. The van der Waals surface area contributed by atoms with Crippen LogP contribution in [0.2, 0.25) is 5.02 Å². The summed E-state index contributed by atoms with van der Waals surface area (Å²) in [5.41, 5.74) is 2.48. The Labute approximate surface area is 88.9 Å². The van der Waals surface area contributed by atoms with Crippen LogP contribution >= 0.6 is 11.6 Å². The van der Waals surface area contributed by atoms with Crippen LogP contribution < -0.4 is 0 Å². The summed E-state index contributed by atoms with van der Waals surface area (Å²) in [7, 11) is 0. The van der Waals surface area contributed by atoms with Gasteiger partial charge in [0.2, 0.25) is 0 Å². The van der Waals surface area contributed by atoms with Crippen molar-refractivity contribution in [2.24, 2.45) is 0 Å². The summed E-state index contributed by atoms with van der Waals surface area (Å²) in [4.78, 5) is 0. The molecule has 0 aliphatic heterocycles. The van der Waals surface area contributed by atoms with E-state index in [0.717, 1.165) is 17.1 Å². The quantitative estimate of drug-likeness (QED) is 0.705. The maximum Gasteiger partial charge on any atom is 0.0453 e. The van der Waals surface area contributed by atoms with Gasteiger partial charge in [-0.05, 0) is 42.8 Å². The Kier molecular flexibility index (Phi) is 2.60. The first-order chi connectivity index (χ1) is 6.81. The molecule has 0 fully saturated rings. The second-order valence-electron chi connectivity index (χ2n) is 3.20. The molecule has 2 rings (SSSR count). The van der Waals surface area contributed by atoms with E-state index < -0.39 is 0 Å². The van der Waals surface area contributed by atoms with Crippen molar-refractivity contribution in [3.8, 4) is 5.69 Å². The Balaban J connectivity index is 2.44.